The third kappa shape index (κ3) is 4.70. The van der Waals surface area contributed by atoms with Crippen molar-refractivity contribution in [2.24, 2.45) is 5.73 Å². The van der Waals surface area contributed by atoms with Crippen LogP contribution in [0.4, 0.5) is 0 Å². The summed E-state index contributed by atoms with van der Waals surface area (Å²) in [4.78, 5) is 2.19. The van der Waals surface area contributed by atoms with Crippen LogP contribution in [0.2, 0.25) is 0 Å². The molecule has 0 saturated heterocycles. The second-order valence-electron chi connectivity index (χ2n) is 5.03. The molecule has 4 heteroatoms. The molecule has 21 heavy (non-hydrogen) atoms. The van der Waals surface area contributed by atoms with E-state index in [9.17, 15) is 5.11 Å². The quantitative estimate of drug-likeness (QED) is 0.537. The largest absolute Gasteiger partial charge is 0.395 e. The number of nitrogens with one attached hydrogen (secondary N) is 1. The average molecular weight is 283 g/mol. The number of hydrogen-bond acceptors (Lipinski definition) is 3. The lowest BCUT2D eigenvalue weighted by molar-refractivity contribution is 0.184. The number of nitrogens with zero attached hydrogens (tertiary/aromatic N) is 1. The van der Waals surface area contributed by atoms with Crippen molar-refractivity contribution in [3.63, 3.8) is 0 Å². The molecule has 2 aromatic rings. The van der Waals surface area contributed by atoms with Gasteiger partial charge in [0, 0.05) is 25.2 Å². The van der Waals surface area contributed by atoms with Crippen molar-refractivity contribution in [2.75, 3.05) is 13.2 Å². The maximum atomic E-state index is 9.22. The van der Waals surface area contributed by atoms with Crippen LogP contribution in [0.3, 0.4) is 0 Å². The fraction of sp³-hybridized carbons (Fsp3) is 0.235. The first-order valence-electron chi connectivity index (χ1n) is 6.99. The van der Waals surface area contributed by atoms with E-state index in [-0.39, 0.29) is 12.4 Å². The van der Waals surface area contributed by atoms with Crippen LogP contribution in [0.1, 0.15) is 16.7 Å². The molecule has 0 bridgehead atoms. The molecule has 0 spiro atoms. The number of aliphatic hydroxyl groups excluding tert-OH is 1. The van der Waals surface area contributed by atoms with Gasteiger partial charge in [0.25, 0.3) is 0 Å². The minimum atomic E-state index is 0.0815. The van der Waals surface area contributed by atoms with Gasteiger partial charge in [0.1, 0.15) is 5.84 Å². The zero-order valence-electron chi connectivity index (χ0n) is 12.0. The van der Waals surface area contributed by atoms with Crippen molar-refractivity contribution < 1.29 is 5.11 Å². The summed E-state index contributed by atoms with van der Waals surface area (Å²) in [7, 11) is 0. The molecular formula is C17H21N3O. The predicted molar refractivity (Wildman–Crippen MR) is 85.1 cm³/mol. The molecule has 0 aromatic heterocycles. The molecule has 0 aliphatic rings. The molecule has 0 amide bonds. The van der Waals surface area contributed by atoms with Crippen LogP contribution in [-0.4, -0.2) is 29.0 Å². The van der Waals surface area contributed by atoms with E-state index in [4.69, 9.17) is 11.1 Å². The second-order valence-corrected chi connectivity index (χ2v) is 5.03. The molecule has 0 unspecified atom stereocenters. The van der Waals surface area contributed by atoms with Crippen LogP contribution in [0, 0.1) is 5.41 Å². The number of nitrogens with two attached hydrogens (primary N) is 1. The summed E-state index contributed by atoms with van der Waals surface area (Å²) in [5, 5.41) is 16.6. The molecule has 2 rings (SSSR count). The molecule has 0 atom stereocenters. The van der Waals surface area contributed by atoms with Gasteiger partial charge in [-0.1, -0.05) is 54.6 Å². The number of aliphatic hydroxyl groups is 1. The van der Waals surface area contributed by atoms with Crippen molar-refractivity contribution >= 4 is 5.84 Å². The Labute approximate surface area is 125 Å². The van der Waals surface area contributed by atoms with Crippen LogP contribution < -0.4 is 5.73 Å². The first-order valence-corrected chi connectivity index (χ1v) is 6.99. The molecule has 0 radical (unpaired) electrons. The van der Waals surface area contributed by atoms with Gasteiger partial charge in [0.2, 0.25) is 0 Å². The first-order chi connectivity index (χ1) is 10.2. The van der Waals surface area contributed by atoms with E-state index in [1.54, 1.807) is 0 Å². The monoisotopic (exact) mass is 283 g/mol. The van der Waals surface area contributed by atoms with Crippen LogP contribution >= 0.6 is 0 Å². The van der Waals surface area contributed by atoms with Crippen LogP contribution in [0.15, 0.2) is 54.6 Å². The minimum Gasteiger partial charge on any atom is -0.395 e. The standard InChI is InChI=1S/C17H21N3O/c18-17(19)16-8-6-15(7-9-16)13-20(10-11-21)12-14-4-2-1-3-5-14/h1-9,21H,10-13H2,(H3,18,19). The molecule has 110 valence electrons. The summed E-state index contributed by atoms with van der Waals surface area (Å²) in [6, 6.07) is 17.9. The van der Waals surface area contributed by atoms with E-state index in [1.807, 2.05) is 42.5 Å². The Kier molecular flexibility index (Phi) is 5.49. The van der Waals surface area contributed by atoms with Gasteiger partial charge in [-0.15, -0.1) is 0 Å². The van der Waals surface area contributed by atoms with Gasteiger partial charge in [-0.25, -0.2) is 0 Å². The number of amidine groups is 1. The van der Waals surface area contributed by atoms with E-state index in [2.05, 4.69) is 17.0 Å². The molecule has 2 aromatic carbocycles. The molecule has 0 aliphatic heterocycles. The topological polar surface area (TPSA) is 73.3 Å². The fourth-order valence-electron chi connectivity index (χ4n) is 2.24. The van der Waals surface area contributed by atoms with Crippen molar-refractivity contribution in [2.45, 2.75) is 13.1 Å². The SMILES string of the molecule is N=C(N)c1ccc(CN(CCO)Cc2ccccc2)cc1. The van der Waals surface area contributed by atoms with E-state index in [0.29, 0.717) is 6.54 Å². The Balaban J connectivity index is 2.03. The normalized spacial score (nSPS) is 10.8. The number of benzene rings is 2. The summed E-state index contributed by atoms with van der Waals surface area (Å²) < 4.78 is 0. The van der Waals surface area contributed by atoms with E-state index < -0.39 is 0 Å². The Hall–Kier alpha value is -2.17. The van der Waals surface area contributed by atoms with Gasteiger partial charge in [-0.3, -0.25) is 10.3 Å². The fourth-order valence-corrected chi connectivity index (χ4v) is 2.24. The van der Waals surface area contributed by atoms with E-state index >= 15 is 0 Å². The van der Waals surface area contributed by atoms with Crippen molar-refractivity contribution in [3.8, 4) is 0 Å². The third-order valence-corrected chi connectivity index (χ3v) is 3.34. The maximum Gasteiger partial charge on any atom is 0.122 e. The highest BCUT2D eigenvalue weighted by molar-refractivity contribution is 5.94. The van der Waals surface area contributed by atoms with E-state index in [0.717, 1.165) is 24.2 Å². The van der Waals surface area contributed by atoms with E-state index in [1.165, 1.54) is 5.56 Å². The van der Waals surface area contributed by atoms with Gasteiger partial charge in [-0.05, 0) is 11.1 Å². The van der Waals surface area contributed by atoms with Gasteiger partial charge in [0.05, 0.1) is 6.61 Å². The number of hydrogen-bond donors (Lipinski definition) is 3. The molecule has 4 N–H and O–H groups in total. The summed E-state index contributed by atoms with van der Waals surface area (Å²) in [5.41, 5.74) is 8.56. The molecular weight excluding hydrogens is 262 g/mol. The zero-order valence-corrected chi connectivity index (χ0v) is 12.0. The Morgan fingerprint density at radius 3 is 2.05 bits per heavy atom. The van der Waals surface area contributed by atoms with Gasteiger partial charge < -0.3 is 10.8 Å². The highest BCUT2D eigenvalue weighted by Gasteiger charge is 2.07. The molecule has 0 aliphatic carbocycles. The molecule has 4 nitrogen and oxygen atoms in total. The van der Waals surface area contributed by atoms with Gasteiger partial charge >= 0.3 is 0 Å². The maximum absolute atomic E-state index is 9.22. The first kappa shape index (κ1) is 15.2. The zero-order chi connectivity index (χ0) is 15.1. The molecule has 0 saturated carbocycles. The lowest BCUT2D eigenvalue weighted by atomic mass is 10.1. The molecule has 0 heterocycles. The average Bonchev–Trinajstić information content (AvgIpc) is 2.49. The summed E-state index contributed by atoms with van der Waals surface area (Å²) >= 11 is 0. The summed E-state index contributed by atoms with van der Waals surface area (Å²) in [5.74, 6) is 0.0815. The van der Waals surface area contributed by atoms with Crippen molar-refractivity contribution in [3.05, 3.63) is 71.3 Å². The van der Waals surface area contributed by atoms with Crippen LogP contribution in [-0.2, 0) is 13.1 Å². The summed E-state index contributed by atoms with van der Waals surface area (Å²) in [6.45, 7) is 2.32. The van der Waals surface area contributed by atoms with Crippen LogP contribution in [0.5, 0.6) is 0 Å². The van der Waals surface area contributed by atoms with Gasteiger partial charge in [0.15, 0.2) is 0 Å². The number of nitrogen functional groups attached to an aromatic ring is 1. The highest BCUT2D eigenvalue weighted by Crippen LogP contribution is 2.11. The minimum absolute atomic E-state index is 0.0815. The lowest BCUT2D eigenvalue weighted by Crippen LogP contribution is -2.26. The lowest BCUT2D eigenvalue weighted by Gasteiger charge is -2.21. The predicted octanol–water partition coefficient (Wildman–Crippen LogP) is 1.97. The van der Waals surface area contributed by atoms with Crippen molar-refractivity contribution in [1.82, 2.24) is 4.90 Å². The highest BCUT2D eigenvalue weighted by atomic mass is 16.3. The number of rotatable bonds is 7. The summed E-state index contributed by atoms with van der Waals surface area (Å²) in [6.07, 6.45) is 0. The van der Waals surface area contributed by atoms with Crippen molar-refractivity contribution in [1.29, 1.82) is 5.41 Å². The Morgan fingerprint density at radius 2 is 1.52 bits per heavy atom. The second kappa shape index (κ2) is 7.57. The molecule has 0 fully saturated rings. The van der Waals surface area contributed by atoms with Crippen LogP contribution in [0.25, 0.3) is 0 Å². The Bertz CT molecular complexity index is 566. The van der Waals surface area contributed by atoms with Gasteiger partial charge in [-0.2, -0.15) is 0 Å². The Morgan fingerprint density at radius 1 is 0.952 bits per heavy atom. The third-order valence-electron chi connectivity index (χ3n) is 3.34. The smallest absolute Gasteiger partial charge is 0.122 e.